The van der Waals surface area contributed by atoms with E-state index in [-0.39, 0.29) is 23.8 Å². The molecule has 1 aliphatic heterocycles. The second-order valence-corrected chi connectivity index (χ2v) is 9.53. The molecule has 0 aliphatic carbocycles. The van der Waals surface area contributed by atoms with Gasteiger partial charge < -0.3 is 14.6 Å². The maximum absolute atomic E-state index is 13.8. The Bertz CT molecular complexity index is 1370. The number of nitrogens with one attached hydrogen (secondary N) is 1. The molecule has 1 aliphatic rings. The maximum atomic E-state index is 13.8. The van der Waals surface area contributed by atoms with E-state index in [9.17, 15) is 9.18 Å². The minimum atomic E-state index is -0.302. The lowest BCUT2D eigenvalue weighted by molar-refractivity contribution is -0.154. The second-order valence-electron chi connectivity index (χ2n) is 9.53. The van der Waals surface area contributed by atoms with Crippen LogP contribution in [0.15, 0.2) is 66.9 Å². The highest BCUT2D eigenvalue weighted by molar-refractivity contribution is 5.78. The summed E-state index contributed by atoms with van der Waals surface area (Å²) in [6, 6.07) is 18.0. The van der Waals surface area contributed by atoms with Crippen LogP contribution >= 0.6 is 0 Å². The number of cyclic esters (lactones) is 1. The van der Waals surface area contributed by atoms with Crippen molar-refractivity contribution in [2.75, 3.05) is 5.32 Å². The lowest BCUT2D eigenvalue weighted by atomic mass is 10.1. The first-order chi connectivity index (χ1) is 18.0. The van der Waals surface area contributed by atoms with Crippen LogP contribution in [0.3, 0.4) is 0 Å². The predicted molar refractivity (Wildman–Crippen MR) is 141 cm³/mol. The van der Waals surface area contributed by atoms with Gasteiger partial charge in [-0.3, -0.25) is 4.79 Å². The topological polar surface area (TPSA) is 81.9 Å². The monoisotopic (exact) mass is 499 g/mol. The Morgan fingerprint density at radius 1 is 1.08 bits per heavy atom. The number of para-hydroxylation sites is 1. The molecule has 1 atom stereocenters. The summed E-state index contributed by atoms with van der Waals surface area (Å²) in [5.41, 5.74) is 3.95. The molecule has 37 heavy (non-hydrogen) atoms. The molecular formula is C29H30FN5O2. The van der Waals surface area contributed by atoms with Crippen molar-refractivity contribution < 1.29 is 13.9 Å². The fourth-order valence-corrected chi connectivity index (χ4v) is 4.66. The van der Waals surface area contributed by atoms with Crippen LogP contribution in [0.4, 0.5) is 16.0 Å². The Morgan fingerprint density at radius 3 is 2.59 bits per heavy atom. The second kappa shape index (κ2) is 10.9. The highest BCUT2D eigenvalue weighted by atomic mass is 19.1. The molecule has 2 aromatic carbocycles. The van der Waals surface area contributed by atoms with Crippen molar-refractivity contribution in [3.05, 3.63) is 78.5 Å². The molecule has 0 saturated carbocycles. The third-order valence-corrected chi connectivity index (χ3v) is 6.44. The Hall–Kier alpha value is -4.07. The number of esters is 1. The molecule has 190 valence electrons. The number of carbonyl (C=O) groups is 1. The zero-order chi connectivity index (χ0) is 25.8. The molecule has 1 fully saturated rings. The van der Waals surface area contributed by atoms with Crippen LogP contribution in [0.25, 0.3) is 22.6 Å². The average Bonchev–Trinajstić information content (AvgIpc) is 3.29. The number of hydrogen-bond donors (Lipinski definition) is 1. The summed E-state index contributed by atoms with van der Waals surface area (Å²) in [4.78, 5) is 26.1. The number of nitrogens with zero attached hydrogens (tertiary/aromatic N) is 4. The van der Waals surface area contributed by atoms with Crippen LogP contribution in [0.1, 0.15) is 51.3 Å². The van der Waals surface area contributed by atoms with Gasteiger partial charge in [-0.15, -0.1) is 0 Å². The minimum absolute atomic E-state index is 0.119. The van der Waals surface area contributed by atoms with E-state index in [4.69, 9.17) is 14.7 Å². The first kappa shape index (κ1) is 24.6. The van der Waals surface area contributed by atoms with E-state index in [1.807, 2.05) is 36.4 Å². The van der Waals surface area contributed by atoms with Gasteiger partial charge in [-0.05, 0) is 55.3 Å². The van der Waals surface area contributed by atoms with Crippen molar-refractivity contribution in [2.45, 2.75) is 58.1 Å². The van der Waals surface area contributed by atoms with Crippen molar-refractivity contribution >= 4 is 17.6 Å². The summed E-state index contributed by atoms with van der Waals surface area (Å²) >= 11 is 0. The summed E-state index contributed by atoms with van der Waals surface area (Å²) in [6.07, 6.45) is 4.47. The number of ether oxygens (including phenoxy) is 1. The minimum Gasteiger partial charge on any atom is -0.462 e. The van der Waals surface area contributed by atoms with E-state index in [1.165, 1.54) is 12.1 Å². The molecule has 5 rings (SSSR count). The van der Waals surface area contributed by atoms with Gasteiger partial charge in [-0.25, -0.2) is 19.3 Å². The molecule has 2 aromatic heterocycles. The number of rotatable bonds is 8. The van der Waals surface area contributed by atoms with Gasteiger partial charge in [0.15, 0.2) is 0 Å². The summed E-state index contributed by atoms with van der Waals surface area (Å²) in [5.74, 6) is 1.06. The summed E-state index contributed by atoms with van der Waals surface area (Å²) in [6.45, 7) is 4.81. The molecule has 1 N–H and O–H groups in total. The van der Waals surface area contributed by atoms with E-state index in [0.29, 0.717) is 31.0 Å². The molecule has 4 aromatic rings. The van der Waals surface area contributed by atoms with Crippen molar-refractivity contribution in [1.29, 1.82) is 0 Å². The number of halogens is 1. The quantitative estimate of drug-likeness (QED) is 0.279. The Kier molecular flexibility index (Phi) is 7.25. The van der Waals surface area contributed by atoms with Crippen LogP contribution in [-0.2, 0) is 16.1 Å². The van der Waals surface area contributed by atoms with Crippen LogP contribution in [0.5, 0.6) is 0 Å². The van der Waals surface area contributed by atoms with E-state index < -0.39 is 0 Å². The van der Waals surface area contributed by atoms with E-state index >= 15 is 0 Å². The third-order valence-electron chi connectivity index (χ3n) is 6.44. The Labute approximate surface area is 215 Å². The Morgan fingerprint density at radius 2 is 1.86 bits per heavy atom. The lowest BCUT2D eigenvalue weighted by Gasteiger charge is -2.23. The molecule has 0 bridgehead atoms. The average molecular weight is 500 g/mol. The van der Waals surface area contributed by atoms with Gasteiger partial charge in [0.05, 0.1) is 17.1 Å². The lowest BCUT2D eigenvalue weighted by Crippen LogP contribution is -2.25. The highest BCUT2D eigenvalue weighted by Gasteiger charge is 2.26. The van der Waals surface area contributed by atoms with Gasteiger partial charge in [0.2, 0.25) is 5.95 Å². The molecular weight excluding hydrogens is 469 g/mol. The molecule has 1 unspecified atom stereocenters. The number of carbonyl (C=O) groups excluding carboxylic acids is 1. The van der Waals surface area contributed by atoms with Crippen molar-refractivity contribution in [2.24, 2.45) is 0 Å². The number of benzene rings is 2. The zero-order valence-electron chi connectivity index (χ0n) is 21.0. The van der Waals surface area contributed by atoms with Gasteiger partial charge in [0, 0.05) is 42.8 Å². The maximum Gasteiger partial charge on any atom is 0.306 e. The number of anilines is 2. The van der Waals surface area contributed by atoms with E-state index in [0.717, 1.165) is 41.3 Å². The van der Waals surface area contributed by atoms with E-state index in [1.54, 1.807) is 18.3 Å². The first-order valence-corrected chi connectivity index (χ1v) is 12.7. The molecule has 0 spiro atoms. The zero-order valence-corrected chi connectivity index (χ0v) is 21.0. The molecule has 1 saturated heterocycles. The van der Waals surface area contributed by atoms with Gasteiger partial charge >= 0.3 is 5.97 Å². The smallest absolute Gasteiger partial charge is 0.306 e. The van der Waals surface area contributed by atoms with Gasteiger partial charge in [-0.1, -0.05) is 32.0 Å². The predicted octanol–water partition coefficient (Wildman–Crippen LogP) is 6.50. The summed E-state index contributed by atoms with van der Waals surface area (Å²) in [5, 5.41) is 3.26. The standard InChI is InChI=1S/C29H30FN5O2/c1-19(2)28-34-26(20-11-13-21(30)14-12-20)27(35(28)18-16-23-9-6-10-25(36)37-23)24-15-17-31-29(33-24)32-22-7-4-3-5-8-22/h3-5,7-8,11-15,17,19,23H,6,9-10,16,18H2,1-2H3,(H,31,32,33). The van der Waals surface area contributed by atoms with Crippen LogP contribution in [-0.4, -0.2) is 31.6 Å². The van der Waals surface area contributed by atoms with Crippen molar-refractivity contribution in [3.8, 4) is 22.6 Å². The molecule has 0 radical (unpaired) electrons. The fraction of sp³-hybridized carbons (Fsp3) is 0.310. The Balaban J connectivity index is 1.58. The molecule has 7 nitrogen and oxygen atoms in total. The largest absolute Gasteiger partial charge is 0.462 e. The number of hydrogen-bond acceptors (Lipinski definition) is 6. The number of aromatic nitrogens is 4. The first-order valence-electron chi connectivity index (χ1n) is 12.7. The highest BCUT2D eigenvalue weighted by Crippen LogP contribution is 2.35. The van der Waals surface area contributed by atoms with Gasteiger partial charge in [-0.2, -0.15) is 0 Å². The molecule has 3 heterocycles. The van der Waals surface area contributed by atoms with Gasteiger partial charge in [0.1, 0.15) is 17.7 Å². The van der Waals surface area contributed by atoms with Gasteiger partial charge in [0.25, 0.3) is 0 Å². The van der Waals surface area contributed by atoms with Crippen LogP contribution in [0.2, 0.25) is 0 Å². The fourth-order valence-electron chi connectivity index (χ4n) is 4.66. The van der Waals surface area contributed by atoms with Crippen molar-refractivity contribution in [1.82, 2.24) is 19.5 Å². The summed E-state index contributed by atoms with van der Waals surface area (Å²) < 4.78 is 21.5. The SMILES string of the molecule is CC(C)c1nc(-c2ccc(F)cc2)c(-c2ccnc(Nc3ccccc3)n2)n1CCC1CCCC(=O)O1. The summed E-state index contributed by atoms with van der Waals surface area (Å²) in [7, 11) is 0. The van der Waals surface area contributed by atoms with Crippen molar-refractivity contribution in [3.63, 3.8) is 0 Å². The van der Waals surface area contributed by atoms with Crippen LogP contribution in [0, 0.1) is 5.82 Å². The van der Waals surface area contributed by atoms with Crippen LogP contribution < -0.4 is 5.32 Å². The van der Waals surface area contributed by atoms with E-state index in [2.05, 4.69) is 28.7 Å². The third kappa shape index (κ3) is 5.69. The molecule has 8 heteroatoms. The number of imidazole rings is 1. The normalized spacial score (nSPS) is 15.6. The molecule has 0 amide bonds.